The van der Waals surface area contributed by atoms with Crippen molar-refractivity contribution in [3.63, 3.8) is 0 Å². The number of fused-ring (bicyclic) bond motifs is 1. The quantitative estimate of drug-likeness (QED) is 0.428. The van der Waals surface area contributed by atoms with Gasteiger partial charge in [0, 0.05) is 23.2 Å². The molecule has 9 nitrogen and oxygen atoms in total. The molecule has 140 valence electrons. The van der Waals surface area contributed by atoms with Crippen molar-refractivity contribution in [2.75, 3.05) is 5.32 Å². The minimum Gasteiger partial charge on any atom is -0.423 e. The van der Waals surface area contributed by atoms with Crippen molar-refractivity contribution < 1.29 is 14.1 Å². The molecule has 0 aliphatic rings. The fourth-order valence-electron chi connectivity index (χ4n) is 3.06. The maximum absolute atomic E-state index is 12.6. The van der Waals surface area contributed by atoms with Crippen molar-refractivity contribution >= 4 is 28.3 Å². The van der Waals surface area contributed by atoms with Gasteiger partial charge in [0.1, 0.15) is 23.0 Å². The molecule has 0 aliphatic carbocycles. The van der Waals surface area contributed by atoms with E-state index in [0.717, 1.165) is 10.9 Å². The zero-order chi connectivity index (χ0) is 19.9. The lowest BCUT2D eigenvalue weighted by molar-refractivity contribution is -0.386. The van der Waals surface area contributed by atoms with Crippen LogP contribution in [0.1, 0.15) is 29.9 Å². The number of nitrogens with zero attached hydrogens (tertiary/aromatic N) is 3. The zero-order valence-electron chi connectivity index (χ0n) is 15.3. The van der Waals surface area contributed by atoms with Gasteiger partial charge in [-0.3, -0.25) is 19.6 Å². The van der Waals surface area contributed by atoms with E-state index in [4.69, 9.17) is 4.42 Å². The van der Waals surface area contributed by atoms with E-state index in [1.54, 1.807) is 39.0 Å². The van der Waals surface area contributed by atoms with Crippen LogP contribution < -0.4 is 10.9 Å². The lowest BCUT2D eigenvalue weighted by Gasteiger charge is -2.14. The Hall–Kier alpha value is -3.49. The summed E-state index contributed by atoms with van der Waals surface area (Å²) in [5.74, 6) is -0.398. The average Bonchev–Trinajstić information content (AvgIpc) is 2.88. The largest absolute Gasteiger partial charge is 0.423 e. The number of rotatable bonds is 4. The summed E-state index contributed by atoms with van der Waals surface area (Å²) in [6.45, 7) is 6.48. The molecule has 0 radical (unpaired) electrons. The number of nitro groups is 1. The monoisotopic (exact) mass is 370 g/mol. The maximum Gasteiger partial charge on any atom is 0.336 e. The molecular formula is C18H18N4O5. The lowest BCUT2D eigenvalue weighted by Crippen LogP contribution is -2.25. The van der Waals surface area contributed by atoms with Crippen molar-refractivity contribution in [2.24, 2.45) is 0 Å². The van der Waals surface area contributed by atoms with Gasteiger partial charge in [-0.25, -0.2) is 4.79 Å². The maximum atomic E-state index is 12.6. The second-order valence-corrected chi connectivity index (χ2v) is 6.35. The Kier molecular flexibility index (Phi) is 4.52. The molecule has 27 heavy (non-hydrogen) atoms. The fourth-order valence-corrected chi connectivity index (χ4v) is 3.06. The molecule has 9 heteroatoms. The number of aromatic nitrogens is 2. The van der Waals surface area contributed by atoms with Crippen LogP contribution in [0.5, 0.6) is 0 Å². The van der Waals surface area contributed by atoms with Crippen molar-refractivity contribution in [3.05, 3.63) is 61.8 Å². The highest BCUT2D eigenvalue weighted by Crippen LogP contribution is 2.26. The van der Waals surface area contributed by atoms with Gasteiger partial charge in [0.2, 0.25) is 5.91 Å². The first-order chi connectivity index (χ1) is 12.7. The first-order valence-electron chi connectivity index (χ1n) is 8.24. The molecule has 0 spiro atoms. The Balaban J connectivity index is 1.89. The van der Waals surface area contributed by atoms with Crippen LogP contribution >= 0.6 is 0 Å². The topological polar surface area (TPSA) is 120 Å². The highest BCUT2D eigenvalue weighted by molar-refractivity contribution is 5.95. The van der Waals surface area contributed by atoms with E-state index in [1.807, 2.05) is 0 Å². The minimum atomic E-state index is -0.766. The number of nitrogens with one attached hydrogen (secondary N) is 1. The molecule has 2 aromatic heterocycles. The van der Waals surface area contributed by atoms with Gasteiger partial charge in [-0.15, -0.1) is 0 Å². The first kappa shape index (κ1) is 18.3. The predicted octanol–water partition coefficient (Wildman–Crippen LogP) is 3.02. The van der Waals surface area contributed by atoms with Crippen LogP contribution in [0, 0.1) is 30.9 Å². The summed E-state index contributed by atoms with van der Waals surface area (Å²) in [6, 6.07) is 5.65. The second-order valence-electron chi connectivity index (χ2n) is 6.35. The summed E-state index contributed by atoms with van der Waals surface area (Å²) in [5.41, 5.74) is 1.59. The van der Waals surface area contributed by atoms with Crippen molar-refractivity contribution in [1.29, 1.82) is 0 Å². The van der Waals surface area contributed by atoms with Crippen LogP contribution in [0.4, 0.5) is 11.4 Å². The lowest BCUT2D eigenvalue weighted by atomic mass is 10.1. The van der Waals surface area contributed by atoms with Crippen LogP contribution in [0.25, 0.3) is 11.0 Å². The number of aryl methyl sites for hydroxylation is 2. The van der Waals surface area contributed by atoms with Crippen LogP contribution in [-0.2, 0) is 4.79 Å². The predicted molar refractivity (Wildman–Crippen MR) is 98.9 cm³/mol. The number of carbonyl (C=O) groups is 1. The van der Waals surface area contributed by atoms with Crippen molar-refractivity contribution in [2.45, 2.75) is 33.7 Å². The highest BCUT2D eigenvalue weighted by atomic mass is 16.6. The molecule has 3 aromatic rings. The Morgan fingerprint density at radius 3 is 2.63 bits per heavy atom. The van der Waals surface area contributed by atoms with Gasteiger partial charge in [0.15, 0.2) is 0 Å². The average molecular weight is 370 g/mol. The Labute approximate surface area is 153 Å². The van der Waals surface area contributed by atoms with Crippen LogP contribution in [0.3, 0.4) is 0 Å². The van der Waals surface area contributed by atoms with Crippen molar-refractivity contribution in [1.82, 2.24) is 9.78 Å². The summed E-state index contributed by atoms with van der Waals surface area (Å²) in [7, 11) is 0. The third-order valence-electron chi connectivity index (χ3n) is 4.43. The van der Waals surface area contributed by atoms with Crippen LogP contribution in [-0.4, -0.2) is 20.6 Å². The Bertz CT molecular complexity index is 1130. The summed E-state index contributed by atoms with van der Waals surface area (Å²) in [5, 5.41) is 18.8. The normalized spacial score (nSPS) is 12.1. The molecule has 1 aromatic carbocycles. The molecule has 0 fully saturated rings. The van der Waals surface area contributed by atoms with Gasteiger partial charge < -0.3 is 9.73 Å². The zero-order valence-corrected chi connectivity index (χ0v) is 15.3. The van der Waals surface area contributed by atoms with E-state index >= 15 is 0 Å². The molecular weight excluding hydrogens is 352 g/mol. The van der Waals surface area contributed by atoms with E-state index < -0.39 is 22.5 Å². The first-order valence-corrected chi connectivity index (χ1v) is 8.24. The van der Waals surface area contributed by atoms with Gasteiger partial charge >= 0.3 is 11.3 Å². The van der Waals surface area contributed by atoms with Gasteiger partial charge in [0.25, 0.3) is 0 Å². The molecule has 0 saturated carbocycles. The Morgan fingerprint density at radius 1 is 1.30 bits per heavy atom. The van der Waals surface area contributed by atoms with Gasteiger partial charge in [0.05, 0.1) is 4.92 Å². The molecule has 1 amide bonds. The van der Waals surface area contributed by atoms with E-state index in [9.17, 15) is 19.7 Å². The van der Waals surface area contributed by atoms with Crippen LogP contribution in [0.15, 0.2) is 33.5 Å². The van der Waals surface area contributed by atoms with E-state index in [0.29, 0.717) is 17.0 Å². The number of hydrogen-bond acceptors (Lipinski definition) is 6. The number of amides is 1. The third-order valence-corrected chi connectivity index (χ3v) is 4.43. The standard InChI is InChI=1S/C18H18N4O5/c1-9-7-16(23)27-15-8-13(5-6-14(9)15)19-18(24)12(4)21-11(3)17(22(25)26)10(2)20-21/h5-8,12H,1-4H3,(H,19,24). The van der Waals surface area contributed by atoms with Crippen molar-refractivity contribution in [3.8, 4) is 0 Å². The smallest absolute Gasteiger partial charge is 0.336 e. The summed E-state index contributed by atoms with van der Waals surface area (Å²) < 4.78 is 6.50. The van der Waals surface area contributed by atoms with E-state index in [1.165, 1.54) is 17.7 Å². The number of hydrogen-bond donors (Lipinski definition) is 1. The van der Waals surface area contributed by atoms with E-state index in [2.05, 4.69) is 10.4 Å². The molecule has 0 saturated heterocycles. The molecule has 1 N–H and O–H groups in total. The SMILES string of the molecule is Cc1nn(C(C)C(=O)Nc2ccc3c(C)cc(=O)oc3c2)c(C)c1[N+](=O)[O-]. The van der Waals surface area contributed by atoms with Gasteiger partial charge in [-0.1, -0.05) is 0 Å². The summed E-state index contributed by atoms with van der Waals surface area (Å²) in [4.78, 5) is 34.8. The fraction of sp³-hybridized carbons (Fsp3) is 0.278. The molecule has 3 rings (SSSR count). The third kappa shape index (κ3) is 3.31. The molecule has 2 heterocycles. The number of anilines is 1. The molecule has 1 unspecified atom stereocenters. The molecule has 1 atom stereocenters. The summed E-state index contributed by atoms with van der Waals surface area (Å²) >= 11 is 0. The number of carbonyl (C=O) groups excluding carboxylic acids is 1. The molecule has 0 aliphatic heterocycles. The molecule has 0 bridgehead atoms. The number of benzene rings is 1. The second kappa shape index (κ2) is 6.67. The van der Waals surface area contributed by atoms with Crippen LogP contribution in [0.2, 0.25) is 0 Å². The van der Waals surface area contributed by atoms with E-state index in [-0.39, 0.29) is 11.4 Å². The summed E-state index contributed by atoms with van der Waals surface area (Å²) in [6.07, 6.45) is 0. The minimum absolute atomic E-state index is 0.0994. The van der Waals surface area contributed by atoms with Gasteiger partial charge in [-0.2, -0.15) is 5.10 Å². The highest BCUT2D eigenvalue weighted by Gasteiger charge is 2.27. The van der Waals surface area contributed by atoms with Gasteiger partial charge in [-0.05, 0) is 45.4 Å². The Morgan fingerprint density at radius 2 is 2.00 bits per heavy atom.